The molecule has 0 aromatic heterocycles. The number of oxime groups is 1. The molecule has 2 saturated carbocycles. The number of rotatable bonds is 4. The molecule has 0 aliphatic heterocycles. The van der Waals surface area contributed by atoms with Crippen LogP contribution in [0.25, 0.3) is 0 Å². The maximum atomic E-state index is 13.7. The summed E-state index contributed by atoms with van der Waals surface area (Å²) in [6.45, 7) is 10.4. The highest BCUT2D eigenvalue weighted by Crippen LogP contribution is 2.71. The largest absolute Gasteiger partial charge is 0.366 e. The Labute approximate surface area is 197 Å². The van der Waals surface area contributed by atoms with Gasteiger partial charge in [-0.25, -0.2) is 4.79 Å². The third-order valence-electron chi connectivity index (χ3n) is 8.14. The van der Waals surface area contributed by atoms with E-state index in [9.17, 15) is 9.59 Å². The van der Waals surface area contributed by atoms with E-state index in [-0.39, 0.29) is 16.7 Å². The molecular formula is C26H29BrN2O3. The molecule has 2 unspecified atom stereocenters. The predicted molar refractivity (Wildman–Crippen MR) is 130 cm³/mol. The molecule has 6 heteroatoms. The molecule has 1 amide bonds. The van der Waals surface area contributed by atoms with Gasteiger partial charge in [-0.3, -0.25) is 4.79 Å². The molecule has 2 atom stereocenters. The van der Waals surface area contributed by atoms with E-state index in [1.54, 1.807) is 18.2 Å². The van der Waals surface area contributed by atoms with E-state index in [2.05, 4.69) is 47.2 Å². The Hall–Kier alpha value is -2.47. The maximum absolute atomic E-state index is 13.7. The first-order valence-corrected chi connectivity index (χ1v) is 11.7. The van der Waals surface area contributed by atoms with E-state index in [4.69, 9.17) is 4.84 Å². The maximum Gasteiger partial charge on any atom is 0.366 e. The van der Waals surface area contributed by atoms with Crippen LogP contribution in [-0.2, 0) is 9.63 Å². The number of hydrogen-bond acceptors (Lipinski definition) is 4. The molecule has 1 N–H and O–H groups in total. The summed E-state index contributed by atoms with van der Waals surface area (Å²) in [4.78, 5) is 31.6. The number of benzene rings is 2. The fraction of sp³-hybridized carbons (Fsp3) is 0.423. The van der Waals surface area contributed by atoms with Gasteiger partial charge in [0.05, 0.1) is 16.7 Å². The van der Waals surface area contributed by atoms with Crippen molar-refractivity contribution in [2.24, 2.45) is 21.4 Å². The van der Waals surface area contributed by atoms with Crippen LogP contribution < -0.4 is 5.32 Å². The number of anilines is 1. The second kappa shape index (κ2) is 7.84. The Balaban J connectivity index is 1.62. The highest BCUT2D eigenvalue weighted by molar-refractivity contribution is 9.10. The summed E-state index contributed by atoms with van der Waals surface area (Å²) >= 11 is 3.38. The molecule has 0 heterocycles. The zero-order chi connectivity index (χ0) is 23.3. The fourth-order valence-electron chi connectivity index (χ4n) is 5.41. The van der Waals surface area contributed by atoms with Crippen molar-refractivity contribution >= 4 is 39.2 Å². The van der Waals surface area contributed by atoms with E-state index < -0.39 is 11.4 Å². The Morgan fingerprint density at radius 2 is 1.78 bits per heavy atom. The van der Waals surface area contributed by atoms with Gasteiger partial charge in [0.1, 0.15) is 0 Å². The van der Waals surface area contributed by atoms with Crippen molar-refractivity contribution in [1.82, 2.24) is 0 Å². The van der Waals surface area contributed by atoms with Crippen molar-refractivity contribution < 1.29 is 14.4 Å². The van der Waals surface area contributed by atoms with Gasteiger partial charge in [0.15, 0.2) is 0 Å². The van der Waals surface area contributed by atoms with Gasteiger partial charge in [-0.2, -0.15) is 0 Å². The van der Waals surface area contributed by atoms with Gasteiger partial charge in [0, 0.05) is 22.0 Å². The normalized spacial score (nSPS) is 26.9. The van der Waals surface area contributed by atoms with Gasteiger partial charge in [-0.15, -0.1) is 0 Å². The van der Waals surface area contributed by atoms with Crippen LogP contribution in [0.3, 0.4) is 0 Å². The van der Waals surface area contributed by atoms with Crippen LogP contribution in [0.5, 0.6) is 0 Å². The number of carbonyl (C=O) groups excluding carboxylic acids is 2. The summed E-state index contributed by atoms with van der Waals surface area (Å²) < 4.78 is 0.661. The summed E-state index contributed by atoms with van der Waals surface area (Å²) in [5.74, 6) is -0.495. The summed E-state index contributed by atoms with van der Waals surface area (Å²) in [5.41, 5.74) is 2.94. The molecule has 2 aromatic rings. The van der Waals surface area contributed by atoms with Gasteiger partial charge >= 0.3 is 5.97 Å². The zero-order valence-electron chi connectivity index (χ0n) is 19.2. The SMILES string of the molecule is Cc1ccc(C)c(NC(=O)C23CCC(C)(/C(=N\OC(=O)c4ccccc4Br)C2)C3(C)C)c1. The molecule has 168 valence electrons. The van der Waals surface area contributed by atoms with Crippen molar-refractivity contribution in [1.29, 1.82) is 0 Å². The molecule has 0 radical (unpaired) electrons. The Morgan fingerprint density at radius 1 is 1.06 bits per heavy atom. The minimum Gasteiger partial charge on any atom is -0.325 e. The molecule has 2 fully saturated rings. The molecule has 2 aromatic carbocycles. The summed E-state index contributed by atoms with van der Waals surface area (Å²) in [6.07, 6.45) is 2.09. The third-order valence-corrected chi connectivity index (χ3v) is 8.83. The van der Waals surface area contributed by atoms with E-state index in [0.717, 1.165) is 35.4 Å². The molecule has 2 aliphatic rings. The Kier molecular flexibility index (Phi) is 5.56. The first kappa shape index (κ1) is 22.7. The minimum atomic E-state index is -0.601. The fourth-order valence-corrected chi connectivity index (χ4v) is 5.85. The number of carbonyl (C=O) groups is 2. The second-order valence-electron chi connectivity index (χ2n) is 9.89. The summed E-state index contributed by atoms with van der Waals surface area (Å²) in [7, 11) is 0. The van der Waals surface area contributed by atoms with Crippen LogP contribution in [0.2, 0.25) is 0 Å². The zero-order valence-corrected chi connectivity index (χ0v) is 20.8. The van der Waals surface area contributed by atoms with Crippen molar-refractivity contribution in [3.8, 4) is 0 Å². The Bertz CT molecular complexity index is 1140. The minimum absolute atomic E-state index is 0.0160. The van der Waals surface area contributed by atoms with Crippen LogP contribution >= 0.6 is 15.9 Å². The number of halogens is 1. The van der Waals surface area contributed by atoms with E-state index in [1.807, 2.05) is 38.1 Å². The smallest absolute Gasteiger partial charge is 0.325 e. The number of hydrogen-bond donors (Lipinski definition) is 1. The molecule has 4 rings (SSSR count). The standard InChI is InChI=1S/C26H29BrN2O3/c1-16-10-11-17(2)20(14-16)28-23(31)26-13-12-25(5,24(26,3)4)21(15-26)29-32-22(30)18-8-6-7-9-19(18)27/h6-11,14H,12-13,15H2,1-5H3,(H,28,31)/b29-21-. The predicted octanol–water partition coefficient (Wildman–Crippen LogP) is 6.43. The second-order valence-corrected chi connectivity index (χ2v) is 10.7. The number of nitrogens with zero attached hydrogens (tertiary/aromatic N) is 1. The van der Waals surface area contributed by atoms with Crippen molar-refractivity contribution in [2.45, 2.75) is 53.9 Å². The van der Waals surface area contributed by atoms with Crippen LogP contribution in [-0.4, -0.2) is 17.6 Å². The highest BCUT2D eigenvalue weighted by Gasteiger charge is 2.71. The lowest BCUT2D eigenvalue weighted by Crippen LogP contribution is -2.43. The number of fused-ring (bicyclic) bond motifs is 2. The quantitative estimate of drug-likeness (QED) is 0.391. The van der Waals surface area contributed by atoms with Gasteiger partial charge < -0.3 is 10.2 Å². The number of amides is 1. The van der Waals surface area contributed by atoms with E-state index in [1.165, 1.54) is 0 Å². The van der Waals surface area contributed by atoms with Crippen molar-refractivity contribution in [2.75, 3.05) is 5.32 Å². The van der Waals surface area contributed by atoms with Crippen molar-refractivity contribution in [3.05, 3.63) is 63.6 Å². The van der Waals surface area contributed by atoms with E-state index >= 15 is 0 Å². The molecule has 0 saturated heterocycles. The number of nitrogens with one attached hydrogen (secondary N) is 1. The first-order valence-electron chi connectivity index (χ1n) is 10.9. The lowest BCUT2D eigenvalue weighted by atomic mass is 9.64. The monoisotopic (exact) mass is 496 g/mol. The average molecular weight is 497 g/mol. The van der Waals surface area contributed by atoms with Gasteiger partial charge in [0.2, 0.25) is 5.91 Å². The molecule has 2 bridgehead atoms. The first-order chi connectivity index (χ1) is 15.0. The molecule has 5 nitrogen and oxygen atoms in total. The van der Waals surface area contributed by atoms with Gasteiger partial charge in [0.25, 0.3) is 0 Å². The van der Waals surface area contributed by atoms with Crippen molar-refractivity contribution in [3.63, 3.8) is 0 Å². The lowest BCUT2D eigenvalue weighted by molar-refractivity contribution is -0.130. The molecule has 32 heavy (non-hydrogen) atoms. The summed E-state index contributed by atoms with van der Waals surface area (Å²) in [5, 5.41) is 7.52. The molecule has 0 spiro atoms. The van der Waals surface area contributed by atoms with Crippen LogP contribution in [0, 0.1) is 30.1 Å². The highest BCUT2D eigenvalue weighted by atomic mass is 79.9. The summed E-state index contributed by atoms with van der Waals surface area (Å²) in [6, 6.07) is 13.2. The van der Waals surface area contributed by atoms with Crippen LogP contribution in [0.1, 0.15) is 61.5 Å². The molecular weight excluding hydrogens is 468 g/mol. The Morgan fingerprint density at radius 3 is 2.50 bits per heavy atom. The topological polar surface area (TPSA) is 67.8 Å². The van der Waals surface area contributed by atoms with Gasteiger partial charge in [-0.1, -0.05) is 50.2 Å². The third kappa shape index (κ3) is 3.31. The number of aryl methyl sites for hydroxylation is 2. The van der Waals surface area contributed by atoms with Crippen LogP contribution in [0.15, 0.2) is 52.1 Å². The lowest BCUT2D eigenvalue weighted by Gasteiger charge is -2.39. The van der Waals surface area contributed by atoms with E-state index in [0.29, 0.717) is 16.5 Å². The van der Waals surface area contributed by atoms with Gasteiger partial charge in [-0.05, 0) is 77.4 Å². The average Bonchev–Trinajstić information content (AvgIpc) is 3.05. The van der Waals surface area contributed by atoms with Crippen LogP contribution in [0.4, 0.5) is 5.69 Å². The molecule has 2 aliphatic carbocycles.